The van der Waals surface area contributed by atoms with Gasteiger partial charge in [-0.25, -0.2) is 9.78 Å². The van der Waals surface area contributed by atoms with Crippen molar-refractivity contribution in [2.75, 3.05) is 5.75 Å². The lowest BCUT2D eigenvalue weighted by atomic mass is 10.1. The van der Waals surface area contributed by atoms with Crippen LogP contribution in [0.2, 0.25) is 0 Å². The van der Waals surface area contributed by atoms with E-state index in [4.69, 9.17) is 0 Å². The lowest BCUT2D eigenvalue weighted by molar-refractivity contribution is -0.117. The summed E-state index contributed by atoms with van der Waals surface area (Å²) in [6, 6.07) is 0.730. The lowest BCUT2D eigenvalue weighted by Gasteiger charge is -2.20. The van der Waals surface area contributed by atoms with Crippen LogP contribution < -0.4 is 16.2 Å². The molecule has 8 heteroatoms. The van der Waals surface area contributed by atoms with Crippen LogP contribution in [0.3, 0.4) is 0 Å². The number of nitrogens with one attached hydrogen (secondary N) is 3. The van der Waals surface area contributed by atoms with E-state index < -0.39 is 17.5 Å². The summed E-state index contributed by atoms with van der Waals surface area (Å²) in [5, 5.41) is 5.13. The molecule has 3 amide bonds. The molecule has 104 valence electrons. The van der Waals surface area contributed by atoms with Crippen LogP contribution in [-0.2, 0) is 4.79 Å². The Balaban J connectivity index is 2.40. The van der Waals surface area contributed by atoms with E-state index in [9.17, 15) is 14.4 Å². The average molecular weight is 284 g/mol. The summed E-state index contributed by atoms with van der Waals surface area (Å²) in [6.45, 7) is 5.43. The van der Waals surface area contributed by atoms with E-state index in [2.05, 4.69) is 20.6 Å². The number of rotatable bonds is 3. The van der Waals surface area contributed by atoms with E-state index >= 15 is 0 Å². The molecule has 0 atom stereocenters. The van der Waals surface area contributed by atoms with Crippen molar-refractivity contribution >= 4 is 23.7 Å². The number of hydrogen-bond acceptors (Lipinski definition) is 5. The van der Waals surface area contributed by atoms with Crippen molar-refractivity contribution in [3.05, 3.63) is 22.6 Å². The molecule has 0 radical (unpaired) electrons. The normalized spacial score (nSPS) is 10.9. The van der Waals surface area contributed by atoms with Crippen molar-refractivity contribution in [3.8, 4) is 0 Å². The average Bonchev–Trinajstić information content (AvgIpc) is 2.23. The highest BCUT2D eigenvalue weighted by molar-refractivity contribution is 7.99. The number of nitrogens with zero attached hydrogens (tertiary/aromatic N) is 1. The van der Waals surface area contributed by atoms with Gasteiger partial charge in [0.05, 0.1) is 5.75 Å². The molecule has 0 aliphatic rings. The fourth-order valence-corrected chi connectivity index (χ4v) is 1.74. The van der Waals surface area contributed by atoms with E-state index in [0.717, 1.165) is 11.8 Å². The first kappa shape index (κ1) is 15.2. The number of carbonyl (C=O) groups excluding carboxylic acids is 2. The van der Waals surface area contributed by atoms with E-state index in [-0.39, 0.29) is 11.3 Å². The third kappa shape index (κ3) is 6.61. The Bertz CT molecular complexity index is 521. The van der Waals surface area contributed by atoms with Gasteiger partial charge in [-0.2, -0.15) is 0 Å². The first-order valence-corrected chi connectivity index (χ1v) is 6.55. The number of thioether (sulfide) groups is 1. The summed E-state index contributed by atoms with van der Waals surface area (Å²) in [6.07, 6.45) is 1.35. The van der Waals surface area contributed by atoms with Crippen LogP contribution in [0.25, 0.3) is 0 Å². The van der Waals surface area contributed by atoms with Gasteiger partial charge in [-0.1, -0.05) is 11.8 Å². The number of H-pyrrole nitrogens is 1. The van der Waals surface area contributed by atoms with Crippen LogP contribution in [0, 0.1) is 0 Å². The predicted molar refractivity (Wildman–Crippen MR) is 72.0 cm³/mol. The fourth-order valence-electron chi connectivity index (χ4n) is 1.09. The molecular weight excluding hydrogens is 268 g/mol. The minimum absolute atomic E-state index is 0.00941. The summed E-state index contributed by atoms with van der Waals surface area (Å²) >= 11 is 1.04. The third-order valence-electron chi connectivity index (χ3n) is 1.73. The Kier molecular flexibility index (Phi) is 5.11. The second kappa shape index (κ2) is 6.37. The first-order chi connectivity index (χ1) is 8.76. The SMILES string of the molecule is CC(C)(C)NC(=O)NC(=O)CSc1nccc(=O)[nH]1. The molecule has 0 unspecified atom stereocenters. The van der Waals surface area contributed by atoms with Crippen LogP contribution in [-0.4, -0.2) is 33.2 Å². The highest BCUT2D eigenvalue weighted by Gasteiger charge is 2.15. The molecule has 0 aliphatic carbocycles. The maximum Gasteiger partial charge on any atom is 0.321 e. The quantitative estimate of drug-likeness (QED) is 0.553. The van der Waals surface area contributed by atoms with Gasteiger partial charge >= 0.3 is 6.03 Å². The second-order valence-corrected chi connectivity index (χ2v) is 5.74. The third-order valence-corrected chi connectivity index (χ3v) is 2.62. The first-order valence-electron chi connectivity index (χ1n) is 5.56. The standard InChI is InChI=1S/C11H16N4O3S/c1-11(2,3)15-9(18)13-8(17)6-19-10-12-5-4-7(16)14-10/h4-5H,6H2,1-3H3,(H,12,14,16)(H2,13,15,17,18). The molecule has 0 saturated carbocycles. The Labute approximate surface area is 114 Å². The molecule has 0 aromatic carbocycles. The Morgan fingerprint density at radius 2 is 2.11 bits per heavy atom. The number of aromatic nitrogens is 2. The number of imide groups is 1. The minimum atomic E-state index is -0.549. The minimum Gasteiger partial charge on any atom is -0.333 e. The summed E-state index contributed by atoms with van der Waals surface area (Å²) in [5.41, 5.74) is -0.702. The van der Waals surface area contributed by atoms with Gasteiger partial charge in [0.25, 0.3) is 5.56 Å². The van der Waals surface area contributed by atoms with E-state index in [1.807, 2.05) is 20.8 Å². The molecule has 19 heavy (non-hydrogen) atoms. The van der Waals surface area contributed by atoms with Gasteiger partial charge in [-0.15, -0.1) is 0 Å². The zero-order valence-corrected chi connectivity index (χ0v) is 11.8. The largest absolute Gasteiger partial charge is 0.333 e. The molecule has 0 fully saturated rings. The highest BCUT2D eigenvalue weighted by Crippen LogP contribution is 2.08. The van der Waals surface area contributed by atoms with Gasteiger partial charge in [-0.3, -0.25) is 14.9 Å². The van der Waals surface area contributed by atoms with Gasteiger partial charge in [0.15, 0.2) is 5.16 Å². The van der Waals surface area contributed by atoms with Crippen molar-refractivity contribution in [2.45, 2.75) is 31.5 Å². The van der Waals surface area contributed by atoms with E-state index in [1.54, 1.807) is 0 Å². The highest BCUT2D eigenvalue weighted by atomic mass is 32.2. The van der Waals surface area contributed by atoms with Crippen LogP contribution in [0.15, 0.2) is 22.2 Å². The number of aromatic amines is 1. The summed E-state index contributed by atoms with van der Waals surface area (Å²) in [5.74, 6) is -0.469. The Hall–Kier alpha value is -1.83. The molecular formula is C11H16N4O3S. The molecule has 1 aromatic rings. The van der Waals surface area contributed by atoms with Gasteiger partial charge in [0, 0.05) is 17.8 Å². The number of amides is 3. The zero-order chi connectivity index (χ0) is 14.5. The maximum atomic E-state index is 11.5. The molecule has 1 heterocycles. The lowest BCUT2D eigenvalue weighted by Crippen LogP contribution is -2.48. The topological polar surface area (TPSA) is 104 Å². The van der Waals surface area contributed by atoms with Gasteiger partial charge < -0.3 is 10.3 Å². The van der Waals surface area contributed by atoms with Crippen LogP contribution in [0.4, 0.5) is 4.79 Å². The van der Waals surface area contributed by atoms with Crippen LogP contribution in [0.1, 0.15) is 20.8 Å². The smallest absolute Gasteiger partial charge is 0.321 e. The molecule has 0 aliphatic heterocycles. The number of hydrogen-bond donors (Lipinski definition) is 3. The molecule has 0 spiro atoms. The summed E-state index contributed by atoms with van der Waals surface area (Å²) in [4.78, 5) is 40.2. The fraction of sp³-hybridized carbons (Fsp3) is 0.455. The van der Waals surface area contributed by atoms with Gasteiger partial charge in [0.1, 0.15) is 0 Å². The van der Waals surface area contributed by atoms with Gasteiger partial charge in [-0.05, 0) is 20.8 Å². The van der Waals surface area contributed by atoms with Crippen LogP contribution in [0.5, 0.6) is 0 Å². The molecule has 1 rings (SSSR count). The van der Waals surface area contributed by atoms with E-state index in [1.165, 1.54) is 12.3 Å². The van der Waals surface area contributed by atoms with E-state index in [0.29, 0.717) is 5.16 Å². The van der Waals surface area contributed by atoms with Gasteiger partial charge in [0.2, 0.25) is 5.91 Å². The molecule has 0 bridgehead atoms. The van der Waals surface area contributed by atoms with Crippen molar-refractivity contribution < 1.29 is 9.59 Å². The monoisotopic (exact) mass is 284 g/mol. The van der Waals surface area contributed by atoms with Crippen molar-refractivity contribution in [2.24, 2.45) is 0 Å². The molecule has 1 aromatic heterocycles. The van der Waals surface area contributed by atoms with Crippen LogP contribution >= 0.6 is 11.8 Å². The zero-order valence-electron chi connectivity index (χ0n) is 10.9. The Morgan fingerprint density at radius 1 is 1.42 bits per heavy atom. The molecule has 7 nitrogen and oxygen atoms in total. The second-order valence-electron chi connectivity index (χ2n) is 4.78. The Morgan fingerprint density at radius 3 is 2.68 bits per heavy atom. The number of carbonyl (C=O) groups is 2. The predicted octanol–water partition coefficient (Wildman–Crippen LogP) is 0.486. The number of urea groups is 1. The maximum absolute atomic E-state index is 11.5. The summed E-state index contributed by atoms with van der Waals surface area (Å²) < 4.78 is 0. The molecule has 3 N–H and O–H groups in total. The summed E-state index contributed by atoms with van der Waals surface area (Å²) in [7, 11) is 0. The van der Waals surface area contributed by atoms with Crippen molar-refractivity contribution in [1.82, 2.24) is 20.6 Å². The van der Waals surface area contributed by atoms with Crippen molar-refractivity contribution in [3.63, 3.8) is 0 Å². The van der Waals surface area contributed by atoms with Crippen molar-refractivity contribution in [1.29, 1.82) is 0 Å². The molecule has 0 saturated heterocycles.